The average molecular weight is 324 g/mol. The van der Waals surface area contributed by atoms with Crippen LogP contribution in [0.3, 0.4) is 0 Å². The summed E-state index contributed by atoms with van der Waals surface area (Å²) in [5.74, 6) is -0.294. The predicted octanol–water partition coefficient (Wildman–Crippen LogP) is 3.26. The Morgan fingerprint density at radius 3 is 2.38 bits per heavy atom. The van der Waals surface area contributed by atoms with Crippen molar-refractivity contribution in [2.45, 2.75) is 19.9 Å². The first-order valence-corrected chi connectivity index (χ1v) is 7.60. The van der Waals surface area contributed by atoms with Gasteiger partial charge in [-0.15, -0.1) is 0 Å². The number of para-hydroxylation sites is 2. The fraction of sp³-hybridized carbons (Fsp3) is 0.167. The van der Waals surface area contributed by atoms with E-state index in [4.69, 9.17) is 0 Å². The molecular formula is C18H20N4O2. The lowest BCUT2D eigenvalue weighted by atomic mass is 10.2. The number of urea groups is 1. The zero-order chi connectivity index (χ0) is 17.4. The third-order valence-electron chi connectivity index (χ3n) is 2.96. The first kappa shape index (κ1) is 17.2. The fourth-order valence-corrected chi connectivity index (χ4v) is 1.94. The lowest BCUT2D eigenvalue weighted by Crippen LogP contribution is -2.34. The maximum Gasteiger partial charge on any atom is 0.319 e. The fourth-order valence-electron chi connectivity index (χ4n) is 1.94. The third-order valence-corrected chi connectivity index (χ3v) is 2.96. The molecule has 3 amide bonds. The van der Waals surface area contributed by atoms with Gasteiger partial charge in [-0.25, -0.2) is 4.79 Å². The maximum atomic E-state index is 12.1. The molecule has 6 heteroatoms. The molecule has 0 radical (unpaired) electrons. The Morgan fingerprint density at radius 1 is 1.04 bits per heavy atom. The molecule has 1 aromatic carbocycles. The molecule has 0 saturated heterocycles. The monoisotopic (exact) mass is 324 g/mol. The summed E-state index contributed by atoms with van der Waals surface area (Å²) in [6.07, 6.45) is 6.42. The van der Waals surface area contributed by atoms with Gasteiger partial charge in [0.1, 0.15) is 0 Å². The quantitative estimate of drug-likeness (QED) is 0.738. The highest BCUT2D eigenvalue weighted by molar-refractivity contribution is 6.05. The molecule has 2 aromatic rings. The van der Waals surface area contributed by atoms with E-state index in [1.54, 1.807) is 48.8 Å². The number of nitrogens with zero attached hydrogens (tertiary/aromatic N) is 1. The number of hydrogen-bond acceptors (Lipinski definition) is 3. The van der Waals surface area contributed by atoms with Gasteiger partial charge in [0.05, 0.1) is 11.4 Å². The molecule has 0 aliphatic heterocycles. The Balaban J connectivity index is 2.03. The molecule has 2 rings (SSSR count). The van der Waals surface area contributed by atoms with E-state index in [0.29, 0.717) is 11.4 Å². The van der Waals surface area contributed by atoms with Crippen molar-refractivity contribution in [3.05, 3.63) is 60.4 Å². The van der Waals surface area contributed by atoms with Crippen LogP contribution in [-0.2, 0) is 4.79 Å². The standard InChI is InChI=1S/C18H20N4O2/c1-13(2)20-18(24)22-16-8-4-3-7-15(16)21-17(23)10-9-14-6-5-11-19-12-14/h3-13H,1-2H3,(H,21,23)(H2,20,22,24)/b10-9+. The Hall–Kier alpha value is -3.15. The number of benzene rings is 1. The number of amides is 3. The summed E-state index contributed by atoms with van der Waals surface area (Å²) < 4.78 is 0. The summed E-state index contributed by atoms with van der Waals surface area (Å²) in [5.41, 5.74) is 1.88. The summed E-state index contributed by atoms with van der Waals surface area (Å²) in [5, 5.41) is 8.21. The van der Waals surface area contributed by atoms with Crippen molar-refractivity contribution in [2.75, 3.05) is 10.6 Å². The summed E-state index contributed by atoms with van der Waals surface area (Å²) >= 11 is 0. The van der Waals surface area contributed by atoms with Crippen LogP contribution in [0.5, 0.6) is 0 Å². The number of nitrogens with one attached hydrogen (secondary N) is 3. The van der Waals surface area contributed by atoms with Crippen LogP contribution in [0.25, 0.3) is 6.08 Å². The molecule has 0 unspecified atom stereocenters. The van der Waals surface area contributed by atoms with Gasteiger partial charge in [0, 0.05) is 24.5 Å². The summed E-state index contributed by atoms with van der Waals surface area (Å²) in [7, 11) is 0. The van der Waals surface area contributed by atoms with Gasteiger partial charge in [-0.2, -0.15) is 0 Å². The van der Waals surface area contributed by atoms with E-state index in [-0.39, 0.29) is 18.0 Å². The van der Waals surface area contributed by atoms with Gasteiger partial charge in [0.2, 0.25) is 5.91 Å². The smallest absolute Gasteiger partial charge is 0.319 e. The van der Waals surface area contributed by atoms with Crippen LogP contribution in [0, 0.1) is 0 Å². The molecule has 0 spiro atoms. The molecule has 0 saturated carbocycles. The molecule has 124 valence electrons. The minimum absolute atomic E-state index is 0.0224. The predicted molar refractivity (Wildman–Crippen MR) is 95.6 cm³/mol. The number of pyridine rings is 1. The minimum atomic E-state index is -0.322. The van der Waals surface area contributed by atoms with Crippen LogP contribution in [0.4, 0.5) is 16.2 Å². The number of hydrogen-bond donors (Lipinski definition) is 3. The van der Waals surface area contributed by atoms with Gasteiger partial charge >= 0.3 is 6.03 Å². The van der Waals surface area contributed by atoms with Crippen molar-refractivity contribution >= 4 is 29.4 Å². The second-order valence-corrected chi connectivity index (χ2v) is 5.41. The van der Waals surface area contributed by atoms with Crippen LogP contribution in [-0.4, -0.2) is 23.0 Å². The lowest BCUT2D eigenvalue weighted by molar-refractivity contribution is -0.111. The van der Waals surface area contributed by atoms with Crippen molar-refractivity contribution in [1.29, 1.82) is 0 Å². The second kappa shape index (κ2) is 8.47. The summed E-state index contributed by atoms with van der Waals surface area (Å²) in [6.45, 7) is 3.74. The van der Waals surface area contributed by atoms with E-state index in [2.05, 4.69) is 20.9 Å². The maximum absolute atomic E-state index is 12.1. The van der Waals surface area contributed by atoms with Crippen molar-refractivity contribution in [1.82, 2.24) is 10.3 Å². The van der Waals surface area contributed by atoms with E-state index in [1.165, 1.54) is 6.08 Å². The largest absolute Gasteiger partial charge is 0.336 e. The normalized spacial score (nSPS) is 10.6. The Kier molecular flexibility index (Phi) is 6.08. The van der Waals surface area contributed by atoms with E-state index in [0.717, 1.165) is 5.56 Å². The van der Waals surface area contributed by atoms with Gasteiger partial charge in [-0.05, 0) is 43.7 Å². The molecule has 24 heavy (non-hydrogen) atoms. The molecular weight excluding hydrogens is 304 g/mol. The molecule has 0 bridgehead atoms. The average Bonchev–Trinajstić information content (AvgIpc) is 2.55. The molecule has 0 fully saturated rings. The van der Waals surface area contributed by atoms with Crippen LogP contribution >= 0.6 is 0 Å². The topological polar surface area (TPSA) is 83.1 Å². The molecule has 3 N–H and O–H groups in total. The highest BCUT2D eigenvalue weighted by atomic mass is 16.2. The number of anilines is 2. The highest BCUT2D eigenvalue weighted by Gasteiger charge is 2.08. The Bertz CT molecular complexity index is 727. The Morgan fingerprint density at radius 2 is 1.75 bits per heavy atom. The van der Waals surface area contributed by atoms with Crippen molar-refractivity contribution in [3.8, 4) is 0 Å². The molecule has 6 nitrogen and oxygen atoms in total. The second-order valence-electron chi connectivity index (χ2n) is 5.41. The molecule has 1 aromatic heterocycles. The number of carbonyl (C=O) groups excluding carboxylic acids is 2. The van der Waals surface area contributed by atoms with Gasteiger partial charge in [0.15, 0.2) is 0 Å². The minimum Gasteiger partial charge on any atom is -0.336 e. The zero-order valence-electron chi connectivity index (χ0n) is 13.6. The molecule has 0 aliphatic rings. The van der Waals surface area contributed by atoms with Crippen LogP contribution in [0.2, 0.25) is 0 Å². The molecule has 0 atom stereocenters. The van der Waals surface area contributed by atoms with Gasteiger partial charge in [0.25, 0.3) is 0 Å². The summed E-state index contributed by atoms with van der Waals surface area (Å²) in [6, 6.07) is 10.4. The van der Waals surface area contributed by atoms with E-state index in [9.17, 15) is 9.59 Å². The number of rotatable bonds is 5. The first-order valence-electron chi connectivity index (χ1n) is 7.60. The van der Waals surface area contributed by atoms with E-state index in [1.807, 2.05) is 19.9 Å². The van der Waals surface area contributed by atoms with E-state index >= 15 is 0 Å². The van der Waals surface area contributed by atoms with Gasteiger partial charge in [-0.1, -0.05) is 18.2 Å². The van der Waals surface area contributed by atoms with Gasteiger partial charge < -0.3 is 16.0 Å². The van der Waals surface area contributed by atoms with Crippen molar-refractivity contribution < 1.29 is 9.59 Å². The number of carbonyl (C=O) groups is 2. The van der Waals surface area contributed by atoms with Crippen molar-refractivity contribution in [2.24, 2.45) is 0 Å². The zero-order valence-corrected chi connectivity index (χ0v) is 13.6. The van der Waals surface area contributed by atoms with Crippen molar-refractivity contribution in [3.63, 3.8) is 0 Å². The first-order chi connectivity index (χ1) is 11.5. The van der Waals surface area contributed by atoms with Crippen LogP contribution < -0.4 is 16.0 Å². The summed E-state index contributed by atoms with van der Waals surface area (Å²) in [4.78, 5) is 27.9. The SMILES string of the molecule is CC(C)NC(=O)Nc1ccccc1NC(=O)/C=C/c1cccnc1. The molecule has 0 aliphatic carbocycles. The third kappa shape index (κ3) is 5.57. The highest BCUT2D eigenvalue weighted by Crippen LogP contribution is 2.21. The van der Waals surface area contributed by atoms with E-state index < -0.39 is 0 Å². The lowest BCUT2D eigenvalue weighted by Gasteiger charge is -2.13. The number of aromatic nitrogens is 1. The molecule has 1 heterocycles. The Labute approximate surface area is 141 Å². The van der Waals surface area contributed by atoms with Gasteiger partial charge in [-0.3, -0.25) is 9.78 Å². The van der Waals surface area contributed by atoms with Crippen LogP contribution in [0.1, 0.15) is 19.4 Å². The van der Waals surface area contributed by atoms with Crippen LogP contribution in [0.15, 0.2) is 54.9 Å².